The number of alkyl halides is 2. The second kappa shape index (κ2) is 9.80. The first kappa shape index (κ1) is 23.1. The normalized spacial score (nSPS) is 24.3. The minimum absolute atomic E-state index is 0.132. The smallest absolute Gasteiger partial charge is 0.248 e. The standard InChI is InChI=1S/C23H26F2N4O4/c24-17-9-16(17)23(32)28-15-3-5-27-19(8-15)13-1-2-20(14(7-13)10-26)33-21-4-6-29(11-18(21)25)22(31)12-30/h1-3,5,7-8,16-18,21,30H,4,6,9-12,26H2,(H,27,28,32)/t16-,17+,18+,21-/m0/s1. The van der Waals surface area contributed by atoms with E-state index in [4.69, 9.17) is 15.6 Å². The molecular formula is C23H26F2N4O4. The lowest BCUT2D eigenvalue weighted by Gasteiger charge is -2.34. The summed E-state index contributed by atoms with van der Waals surface area (Å²) < 4.78 is 33.6. The van der Waals surface area contributed by atoms with E-state index in [1.54, 1.807) is 36.5 Å². The summed E-state index contributed by atoms with van der Waals surface area (Å²) in [4.78, 5) is 29.2. The third-order valence-electron chi connectivity index (χ3n) is 5.90. The van der Waals surface area contributed by atoms with Crippen LogP contribution in [0.15, 0.2) is 36.5 Å². The topological polar surface area (TPSA) is 118 Å². The van der Waals surface area contributed by atoms with Crippen LogP contribution < -0.4 is 15.8 Å². The van der Waals surface area contributed by atoms with E-state index in [9.17, 15) is 18.4 Å². The minimum atomic E-state index is -1.39. The molecule has 4 rings (SSSR count). The van der Waals surface area contributed by atoms with Crippen LogP contribution in [0.5, 0.6) is 5.75 Å². The molecule has 1 saturated heterocycles. The van der Waals surface area contributed by atoms with Crippen LogP contribution in [0.3, 0.4) is 0 Å². The van der Waals surface area contributed by atoms with Gasteiger partial charge in [-0.25, -0.2) is 8.78 Å². The number of anilines is 1. The highest BCUT2D eigenvalue weighted by Crippen LogP contribution is 2.35. The second-order valence-corrected chi connectivity index (χ2v) is 8.26. The van der Waals surface area contributed by atoms with Crippen LogP contribution in [0.2, 0.25) is 0 Å². The zero-order valence-corrected chi connectivity index (χ0v) is 17.9. The summed E-state index contributed by atoms with van der Waals surface area (Å²) >= 11 is 0. The second-order valence-electron chi connectivity index (χ2n) is 8.26. The molecule has 0 unspecified atom stereocenters. The summed E-state index contributed by atoms with van der Waals surface area (Å²) in [5.74, 6) is -0.993. The van der Waals surface area contributed by atoms with Crippen molar-refractivity contribution in [1.29, 1.82) is 0 Å². The number of benzene rings is 1. The third-order valence-corrected chi connectivity index (χ3v) is 5.90. The van der Waals surface area contributed by atoms with Crippen molar-refractivity contribution in [1.82, 2.24) is 9.88 Å². The average Bonchev–Trinajstić information content (AvgIpc) is 3.57. The van der Waals surface area contributed by atoms with Crippen molar-refractivity contribution in [3.63, 3.8) is 0 Å². The predicted octanol–water partition coefficient (Wildman–Crippen LogP) is 1.81. The molecule has 2 aliphatic rings. The highest BCUT2D eigenvalue weighted by molar-refractivity contribution is 5.95. The van der Waals surface area contributed by atoms with Gasteiger partial charge in [-0.2, -0.15) is 0 Å². The van der Waals surface area contributed by atoms with E-state index in [2.05, 4.69) is 10.3 Å². The summed E-state index contributed by atoms with van der Waals surface area (Å²) in [5, 5.41) is 11.7. The number of nitrogens with zero attached hydrogens (tertiary/aromatic N) is 2. The molecule has 1 aliphatic heterocycles. The van der Waals surface area contributed by atoms with Gasteiger partial charge < -0.3 is 25.8 Å². The number of carbonyl (C=O) groups is 2. The number of carbonyl (C=O) groups excluding carboxylic acids is 2. The molecule has 1 saturated carbocycles. The van der Waals surface area contributed by atoms with Gasteiger partial charge in [0.05, 0.1) is 18.2 Å². The summed E-state index contributed by atoms with van der Waals surface area (Å²) in [6.45, 7) is -0.329. The molecule has 0 bridgehead atoms. The largest absolute Gasteiger partial charge is 0.487 e. The van der Waals surface area contributed by atoms with Gasteiger partial charge in [-0.05, 0) is 36.8 Å². The molecule has 1 aromatic carbocycles. The van der Waals surface area contributed by atoms with Crippen molar-refractivity contribution in [3.05, 3.63) is 42.1 Å². The van der Waals surface area contributed by atoms with Crippen LogP contribution in [-0.4, -0.2) is 64.9 Å². The number of halogens is 2. The van der Waals surface area contributed by atoms with Crippen molar-refractivity contribution in [3.8, 4) is 17.0 Å². The van der Waals surface area contributed by atoms with Gasteiger partial charge >= 0.3 is 0 Å². The van der Waals surface area contributed by atoms with Gasteiger partial charge in [0.25, 0.3) is 0 Å². The highest BCUT2D eigenvalue weighted by Gasteiger charge is 2.43. The maximum absolute atomic E-state index is 14.6. The van der Waals surface area contributed by atoms with Crippen molar-refractivity contribution in [2.45, 2.75) is 37.8 Å². The van der Waals surface area contributed by atoms with Crippen molar-refractivity contribution >= 4 is 17.5 Å². The Labute approximate surface area is 189 Å². The minimum Gasteiger partial charge on any atom is -0.487 e. The molecule has 4 N–H and O–H groups in total. The summed E-state index contributed by atoms with van der Waals surface area (Å²) in [7, 11) is 0. The zero-order chi connectivity index (χ0) is 23.5. The molecule has 2 heterocycles. The molecule has 2 fully saturated rings. The van der Waals surface area contributed by atoms with Gasteiger partial charge in [0, 0.05) is 42.5 Å². The fourth-order valence-corrected chi connectivity index (χ4v) is 3.86. The van der Waals surface area contributed by atoms with Crippen LogP contribution in [0.25, 0.3) is 11.3 Å². The average molecular weight is 460 g/mol. The molecule has 8 nitrogen and oxygen atoms in total. The zero-order valence-electron chi connectivity index (χ0n) is 17.9. The molecule has 10 heteroatoms. The maximum Gasteiger partial charge on any atom is 0.248 e. The van der Waals surface area contributed by atoms with Crippen LogP contribution in [0, 0.1) is 5.92 Å². The number of aliphatic hydroxyl groups is 1. The molecular weight excluding hydrogens is 434 g/mol. The number of rotatable bonds is 7. The number of nitrogens with two attached hydrogens (primary N) is 1. The fourth-order valence-electron chi connectivity index (χ4n) is 3.86. The monoisotopic (exact) mass is 460 g/mol. The number of pyridine rings is 1. The lowest BCUT2D eigenvalue weighted by Crippen LogP contribution is -2.50. The molecule has 33 heavy (non-hydrogen) atoms. The Morgan fingerprint density at radius 2 is 2.03 bits per heavy atom. The van der Waals surface area contributed by atoms with Gasteiger partial charge in [0.1, 0.15) is 24.6 Å². The Bertz CT molecular complexity index is 1040. The molecule has 2 amide bonds. The van der Waals surface area contributed by atoms with E-state index in [-0.39, 0.29) is 25.4 Å². The van der Waals surface area contributed by atoms with Gasteiger partial charge in [0.15, 0.2) is 6.17 Å². The quantitative estimate of drug-likeness (QED) is 0.580. The van der Waals surface area contributed by atoms with Gasteiger partial charge in [-0.15, -0.1) is 0 Å². The van der Waals surface area contributed by atoms with E-state index < -0.39 is 36.9 Å². The van der Waals surface area contributed by atoms with Crippen LogP contribution in [0.4, 0.5) is 14.5 Å². The van der Waals surface area contributed by atoms with Gasteiger partial charge in [-0.3, -0.25) is 14.6 Å². The number of piperidine rings is 1. The molecule has 1 aliphatic carbocycles. The molecule has 176 valence electrons. The molecule has 4 atom stereocenters. The van der Waals surface area contributed by atoms with E-state index in [0.717, 1.165) is 5.56 Å². The Hall–Kier alpha value is -3.11. The molecule has 2 aromatic rings. The number of hydrogen-bond acceptors (Lipinski definition) is 6. The number of aliphatic hydroxyl groups excluding tert-OH is 1. The Kier molecular flexibility index (Phi) is 6.85. The van der Waals surface area contributed by atoms with Crippen molar-refractivity contribution in [2.75, 3.05) is 25.0 Å². The number of hydrogen-bond donors (Lipinski definition) is 3. The van der Waals surface area contributed by atoms with Crippen LogP contribution in [0.1, 0.15) is 18.4 Å². The molecule has 1 aromatic heterocycles. The maximum atomic E-state index is 14.6. The first-order valence-corrected chi connectivity index (χ1v) is 10.8. The molecule has 0 radical (unpaired) electrons. The first-order chi connectivity index (χ1) is 15.9. The number of ether oxygens (including phenoxy) is 1. The Morgan fingerprint density at radius 3 is 2.70 bits per heavy atom. The Balaban J connectivity index is 1.46. The van der Waals surface area contributed by atoms with Gasteiger partial charge in [-0.1, -0.05) is 0 Å². The summed E-state index contributed by atoms with van der Waals surface area (Å²) in [6.07, 6.45) is -1.10. The lowest BCUT2D eigenvalue weighted by atomic mass is 10.0. The highest BCUT2D eigenvalue weighted by atomic mass is 19.1. The van der Waals surface area contributed by atoms with E-state index in [1.165, 1.54) is 4.90 Å². The van der Waals surface area contributed by atoms with Gasteiger partial charge in [0.2, 0.25) is 11.8 Å². The van der Waals surface area contributed by atoms with Crippen LogP contribution in [-0.2, 0) is 16.1 Å². The van der Waals surface area contributed by atoms with Crippen molar-refractivity contribution < 1.29 is 28.2 Å². The number of aromatic nitrogens is 1. The third kappa shape index (κ3) is 5.28. The summed E-state index contributed by atoms with van der Waals surface area (Å²) in [5.41, 5.74) is 8.39. The molecule has 0 spiro atoms. The van der Waals surface area contributed by atoms with E-state index in [0.29, 0.717) is 35.7 Å². The van der Waals surface area contributed by atoms with Crippen molar-refractivity contribution in [2.24, 2.45) is 11.7 Å². The van der Waals surface area contributed by atoms with E-state index >= 15 is 0 Å². The lowest BCUT2D eigenvalue weighted by molar-refractivity contribution is -0.138. The number of likely N-dealkylation sites (tertiary alicyclic amines) is 1. The first-order valence-electron chi connectivity index (χ1n) is 10.8. The number of nitrogens with one attached hydrogen (secondary N) is 1. The van der Waals surface area contributed by atoms with Crippen LogP contribution >= 0.6 is 0 Å². The SMILES string of the molecule is NCc1cc(-c2cc(NC(=O)[C@H]3C[C@H]3F)ccn2)ccc1O[C@H]1CCN(C(=O)CO)C[C@H]1F. The summed E-state index contributed by atoms with van der Waals surface area (Å²) in [6, 6.07) is 8.57. The van der Waals surface area contributed by atoms with E-state index in [1.807, 2.05) is 0 Å². The predicted molar refractivity (Wildman–Crippen MR) is 117 cm³/mol. The Morgan fingerprint density at radius 1 is 1.24 bits per heavy atom. The fraction of sp³-hybridized carbons (Fsp3) is 0.435. The number of amides is 2.